The van der Waals surface area contributed by atoms with E-state index in [9.17, 15) is 9.90 Å². The largest absolute Gasteiger partial charge is 0.480 e. The second kappa shape index (κ2) is 6.16. The van der Waals surface area contributed by atoms with E-state index >= 15 is 0 Å². The molecule has 0 bridgehead atoms. The van der Waals surface area contributed by atoms with Crippen molar-refractivity contribution in [1.82, 2.24) is 9.80 Å². The van der Waals surface area contributed by atoms with E-state index in [0.29, 0.717) is 0 Å². The van der Waals surface area contributed by atoms with Crippen molar-refractivity contribution >= 4 is 37.5 Å². The van der Waals surface area contributed by atoms with Gasteiger partial charge >= 0.3 is 5.97 Å². The van der Waals surface area contributed by atoms with Crippen LogP contribution in [0.2, 0.25) is 0 Å². The quantitative estimate of drug-likeness (QED) is 0.793. The zero-order valence-corrected chi connectivity index (χ0v) is 14.4. The van der Waals surface area contributed by atoms with Crippen molar-refractivity contribution in [3.8, 4) is 0 Å². The van der Waals surface area contributed by atoms with Gasteiger partial charge in [0.05, 0.1) is 0 Å². The molecule has 1 aromatic heterocycles. The average molecular weight is 340 g/mol. The highest BCUT2D eigenvalue weighted by atomic mass is 32.1. The second-order valence-corrected chi connectivity index (χ2v) is 7.45. The molecule has 1 fully saturated rings. The van der Waals surface area contributed by atoms with Crippen LogP contribution in [0, 0.1) is 0 Å². The molecule has 0 amide bonds. The minimum atomic E-state index is -0.760. The molecule has 5 heteroatoms. The van der Waals surface area contributed by atoms with E-state index in [1.54, 1.807) is 11.3 Å². The van der Waals surface area contributed by atoms with Gasteiger partial charge in [-0.2, -0.15) is 0 Å². The summed E-state index contributed by atoms with van der Waals surface area (Å²) in [5.41, 5.74) is 0.922. The Morgan fingerprint density at radius 1 is 1.04 bits per heavy atom. The van der Waals surface area contributed by atoms with Gasteiger partial charge in [-0.25, -0.2) is 0 Å². The molecule has 4 nitrogen and oxygen atoms in total. The molecule has 1 atom stereocenters. The molecule has 3 aromatic rings. The minimum absolute atomic E-state index is 0.574. The molecule has 1 aliphatic heterocycles. The fraction of sp³-hybridized carbons (Fsp3) is 0.316. The van der Waals surface area contributed by atoms with E-state index in [1.807, 2.05) is 24.3 Å². The smallest absolute Gasteiger partial charge is 0.325 e. The summed E-state index contributed by atoms with van der Waals surface area (Å²) in [6, 6.07) is 13.8. The zero-order chi connectivity index (χ0) is 16.7. The Bertz CT molecular complexity index is 897. The SMILES string of the molecule is CN1CCN(C(C(=O)O)c2cccc3c2sc2ccccc23)CC1. The second-order valence-electron chi connectivity index (χ2n) is 6.40. The molecule has 124 valence electrons. The van der Waals surface area contributed by atoms with Gasteiger partial charge in [0, 0.05) is 46.4 Å². The van der Waals surface area contributed by atoms with Gasteiger partial charge in [-0.1, -0.05) is 36.4 Å². The van der Waals surface area contributed by atoms with Crippen molar-refractivity contribution in [3.05, 3.63) is 48.0 Å². The Labute approximate surface area is 144 Å². The Balaban J connectivity index is 1.85. The van der Waals surface area contributed by atoms with Crippen LogP contribution >= 0.6 is 11.3 Å². The maximum atomic E-state index is 12.1. The number of carbonyl (C=O) groups is 1. The normalized spacial score (nSPS) is 18.2. The Hall–Kier alpha value is -1.95. The third kappa shape index (κ3) is 2.59. The van der Waals surface area contributed by atoms with Crippen LogP contribution in [0.1, 0.15) is 11.6 Å². The van der Waals surface area contributed by atoms with Crippen molar-refractivity contribution in [2.24, 2.45) is 0 Å². The summed E-state index contributed by atoms with van der Waals surface area (Å²) in [4.78, 5) is 16.4. The number of carboxylic acids is 1. The Morgan fingerprint density at radius 3 is 2.50 bits per heavy atom. The Kier molecular flexibility index (Phi) is 4.00. The maximum Gasteiger partial charge on any atom is 0.325 e. The van der Waals surface area contributed by atoms with Crippen LogP contribution in [0.15, 0.2) is 42.5 Å². The summed E-state index contributed by atoms with van der Waals surface area (Å²) in [6.45, 7) is 3.39. The third-order valence-corrected chi connectivity index (χ3v) is 6.10. The van der Waals surface area contributed by atoms with Crippen LogP contribution in [0.3, 0.4) is 0 Å². The van der Waals surface area contributed by atoms with E-state index in [2.05, 4.69) is 35.0 Å². The Morgan fingerprint density at radius 2 is 1.75 bits per heavy atom. The summed E-state index contributed by atoms with van der Waals surface area (Å²) in [5.74, 6) is -0.760. The van der Waals surface area contributed by atoms with Gasteiger partial charge in [-0.15, -0.1) is 11.3 Å². The van der Waals surface area contributed by atoms with Gasteiger partial charge in [0.1, 0.15) is 6.04 Å². The molecular weight excluding hydrogens is 320 g/mol. The number of piperazine rings is 1. The van der Waals surface area contributed by atoms with E-state index in [4.69, 9.17) is 0 Å². The van der Waals surface area contributed by atoms with Crippen LogP contribution < -0.4 is 0 Å². The molecule has 1 saturated heterocycles. The van der Waals surface area contributed by atoms with Crippen molar-refractivity contribution in [1.29, 1.82) is 0 Å². The van der Waals surface area contributed by atoms with Crippen LogP contribution in [-0.4, -0.2) is 54.1 Å². The minimum Gasteiger partial charge on any atom is -0.480 e. The number of fused-ring (bicyclic) bond motifs is 3. The molecule has 1 aliphatic rings. The lowest BCUT2D eigenvalue weighted by Crippen LogP contribution is -2.47. The monoisotopic (exact) mass is 340 g/mol. The molecule has 2 aromatic carbocycles. The van der Waals surface area contributed by atoms with Crippen molar-refractivity contribution in [2.75, 3.05) is 33.2 Å². The molecule has 0 radical (unpaired) electrons. The number of hydrogen-bond acceptors (Lipinski definition) is 4. The fourth-order valence-electron chi connectivity index (χ4n) is 3.55. The molecule has 4 rings (SSSR count). The third-order valence-electron chi connectivity index (χ3n) is 4.87. The van der Waals surface area contributed by atoms with Gasteiger partial charge < -0.3 is 10.0 Å². The van der Waals surface area contributed by atoms with E-state index in [1.165, 1.54) is 10.1 Å². The van der Waals surface area contributed by atoms with Crippen molar-refractivity contribution in [3.63, 3.8) is 0 Å². The fourth-order valence-corrected chi connectivity index (χ4v) is 4.79. The number of thiophene rings is 1. The first kappa shape index (κ1) is 15.6. The molecule has 0 spiro atoms. The van der Waals surface area contributed by atoms with Crippen molar-refractivity contribution in [2.45, 2.75) is 6.04 Å². The molecule has 1 unspecified atom stereocenters. The summed E-state index contributed by atoms with van der Waals surface area (Å²) in [5, 5.41) is 12.3. The number of aliphatic carboxylic acids is 1. The molecule has 0 saturated carbocycles. The summed E-state index contributed by atoms with van der Waals surface area (Å²) >= 11 is 1.70. The summed E-state index contributed by atoms with van der Waals surface area (Å²) in [6.07, 6.45) is 0. The number of likely N-dealkylation sites (N-methyl/N-ethyl adjacent to an activating group) is 1. The molecule has 0 aliphatic carbocycles. The van der Waals surface area contributed by atoms with Crippen LogP contribution in [0.5, 0.6) is 0 Å². The van der Waals surface area contributed by atoms with E-state index in [0.717, 1.165) is 41.8 Å². The number of rotatable bonds is 3. The van der Waals surface area contributed by atoms with Gasteiger partial charge in [0.2, 0.25) is 0 Å². The zero-order valence-electron chi connectivity index (χ0n) is 13.6. The molecular formula is C19H20N2O2S. The number of nitrogens with zero attached hydrogens (tertiary/aromatic N) is 2. The lowest BCUT2D eigenvalue weighted by Gasteiger charge is -2.36. The topological polar surface area (TPSA) is 43.8 Å². The van der Waals surface area contributed by atoms with Gasteiger partial charge in [0.25, 0.3) is 0 Å². The predicted octanol–water partition coefficient (Wildman–Crippen LogP) is 3.43. The highest BCUT2D eigenvalue weighted by molar-refractivity contribution is 7.26. The van der Waals surface area contributed by atoms with Gasteiger partial charge in [0.15, 0.2) is 0 Å². The lowest BCUT2D eigenvalue weighted by atomic mass is 10.0. The number of benzene rings is 2. The van der Waals surface area contributed by atoms with Crippen LogP contribution in [-0.2, 0) is 4.79 Å². The highest BCUT2D eigenvalue weighted by Gasteiger charge is 2.31. The first-order valence-electron chi connectivity index (χ1n) is 8.21. The average Bonchev–Trinajstić information content (AvgIpc) is 2.96. The lowest BCUT2D eigenvalue weighted by molar-refractivity contribution is -0.144. The molecule has 1 N–H and O–H groups in total. The maximum absolute atomic E-state index is 12.1. The van der Waals surface area contributed by atoms with E-state index < -0.39 is 12.0 Å². The number of hydrogen-bond donors (Lipinski definition) is 1. The van der Waals surface area contributed by atoms with Gasteiger partial charge in [-0.05, 0) is 18.7 Å². The van der Waals surface area contributed by atoms with E-state index in [-0.39, 0.29) is 0 Å². The van der Waals surface area contributed by atoms with Gasteiger partial charge in [-0.3, -0.25) is 9.69 Å². The first-order chi connectivity index (χ1) is 11.6. The van der Waals surface area contributed by atoms with Crippen LogP contribution in [0.25, 0.3) is 20.2 Å². The predicted molar refractivity (Wildman–Crippen MR) is 98.8 cm³/mol. The van der Waals surface area contributed by atoms with Crippen molar-refractivity contribution < 1.29 is 9.90 Å². The highest BCUT2D eigenvalue weighted by Crippen LogP contribution is 2.39. The molecule has 24 heavy (non-hydrogen) atoms. The molecule has 2 heterocycles. The number of carboxylic acid groups (broad SMARTS) is 1. The first-order valence-corrected chi connectivity index (χ1v) is 9.02. The standard InChI is InChI=1S/C19H20N2O2S/c1-20-9-11-21(12-10-20)17(19(22)23)15-7-4-6-14-13-5-2-3-8-16(13)24-18(14)15/h2-8,17H,9-12H2,1H3,(H,22,23). The summed E-state index contributed by atoms with van der Waals surface area (Å²) in [7, 11) is 2.08. The summed E-state index contributed by atoms with van der Waals surface area (Å²) < 4.78 is 2.31. The van der Waals surface area contributed by atoms with Crippen LogP contribution in [0.4, 0.5) is 0 Å².